The summed E-state index contributed by atoms with van der Waals surface area (Å²) < 4.78 is 0. The van der Waals surface area contributed by atoms with Crippen molar-refractivity contribution >= 4 is 0 Å². The number of hydrogen-bond acceptors (Lipinski definition) is 3. The van der Waals surface area contributed by atoms with Gasteiger partial charge in [0.25, 0.3) is 0 Å². The fourth-order valence-electron chi connectivity index (χ4n) is 1.08. The molecule has 0 saturated carbocycles. The first kappa shape index (κ1) is 9.19. The largest absolute Gasteiger partial charge is 0.210 e. The molecule has 0 aromatic rings. The Morgan fingerprint density at radius 1 is 1.00 bits per heavy atom. The lowest BCUT2D eigenvalue weighted by molar-refractivity contribution is -0.491. The van der Waals surface area contributed by atoms with Crippen LogP contribution in [0.25, 0.3) is 0 Å². The van der Waals surface area contributed by atoms with Crippen molar-refractivity contribution in [3.63, 3.8) is 0 Å². The molecule has 0 aromatic heterocycles. The normalized spacial score (nSPS) is 16.8. The minimum Gasteiger partial charge on any atom is -0.210 e. The molecule has 2 aliphatic rings. The van der Waals surface area contributed by atoms with Crippen molar-refractivity contribution in [2.45, 2.75) is 6.42 Å². The number of fused-ring (bicyclic) bond motifs is 2. The Labute approximate surface area is 71.8 Å². The van der Waals surface area contributed by atoms with Crippen LogP contribution in [-0.2, 0) is 14.8 Å². The second-order valence-electron chi connectivity index (χ2n) is 2.39. The van der Waals surface area contributed by atoms with E-state index in [-0.39, 0.29) is 0 Å². The van der Waals surface area contributed by atoms with Gasteiger partial charge in [-0.3, -0.25) is 0 Å². The van der Waals surface area contributed by atoms with E-state index in [1.54, 1.807) is 0 Å². The highest BCUT2D eigenvalue weighted by molar-refractivity contribution is 5.49. The van der Waals surface area contributed by atoms with Crippen LogP contribution in [0.15, 0.2) is 35.5 Å². The predicted octanol–water partition coefficient (Wildman–Crippen LogP) is 1.94. The monoisotopic (exact) mass is 168 g/mol. The number of rotatable bonds is 2. The standard InChI is InChI=1S/C7H6.C2H6O3/c1-2-7-4-3-6(1)5-7;1-3-5-4-2/h1-4H,5H2;1-2H3. The fourth-order valence-corrected chi connectivity index (χ4v) is 1.08. The van der Waals surface area contributed by atoms with Crippen LogP contribution in [0.5, 0.6) is 0 Å². The Hall–Kier alpha value is -0.900. The zero-order chi connectivity index (χ0) is 8.81. The van der Waals surface area contributed by atoms with Crippen molar-refractivity contribution in [1.29, 1.82) is 0 Å². The van der Waals surface area contributed by atoms with Crippen molar-refractivity contribution in [1.82, 2.24) is 0 Å². The van der Waals surface area contributed by atoms with Gasteiger partial charge in [0.05, 0.1) is 14.2 Å². The van der Waals surface area contributed by atoms with E-state index in [1.165, 1.54) is 31.8 Å². The van der Waals surface area contributed by atoms with E-state index in [4.69, 9.17) is 0 Å². The van der Waals surface area contributed by atoms with Crippen molar-refractivity contribution in [3.05, 3.63) is 35.5 Å². The fraction of sp³-hybridized carbons (Fsp3) is 0.333. The molecule has 0 atom stereocenters. The number of allylic oxidation sites excluding steroid dienone is 6. The van der Waals surface area contributed by atoms with Gasteiger partial charge in [0.2, 0.25) is 0 Å². The molecule has 2 aliphatic carbocycles. The van der Waals surface area contributed by atoms with Crippen LogP contribution in [0, 0.1) is 0 Å². The molecule has 0 aromatic carbocycles. The highest BCUT2D eigenvalue weighted by atomic mass is 17.5. The zero-order valence-corrected chi connectivity index (χ0v) is 7.24. The average Bonchev–Trinajstić information content (AvgIpc) is 2.69. The first-order chi connectivity index (χ1) is 5.86. The molecule has 2 rings (SSSR count). The second kappa shape index (κ2) is 4.87. The van der Waals surface area contributed by atoms with Gasteiger partial charge in [-0.25, -0.2) is 9.78 Å². The van der Waals surface area contributed by atoms with Crippen LogP contribution in [0.2, 0.25) is 0 Å². The maximum absolute atomic E-state index is 3.97. The molecule has 12 heavy (non-hydrogen) atoms. The summed E-state index contributed by atoms with van der Waals surface area (Å²) >= 11 is 0. The molecule has 0 heterocycles. The summed E-state index contributed by atoms with van der Waals surface area (Å²) in [5, 5.41) is 3.83. The summed E-state index contributed by atoms with van der Waals surface area (Å²) in [5.41, 5.74) is 2.94. The molecule has 0 amide bonds. The van der Waals surface area contributed by atoms with Crippen LogP contribution in [0.3, 0.4) is 0 Å². The van der Waals surface area contributed by atoms with Crippen LogP contribution in [-0.4, -0.2) is 14.2 Å². The van der Waals surface area contributed by atoms with E-state index >= 15 is 0 Å². The van der Waals surface area contributed by atoms with E-state index in [1.807, 2.05) is 0 Å². The zero-order valence-electron chi connectivity index (χ0n) is 7.24. The SMILES string of the molecule is C1=CC2=CC=C1C2.COOOC. The summed E-state index contributed by atoms with van der Waals surface area (Å²) in [6.45, 7) is 0. The molecule has 66 valence electrons. The Morgan fingerprint density at radius 3 is 1.58 bits per heavy atom. The summed E-state index contributed by atoms with van der Waals surface area (Å²) in [6, 6.07) is 0. The third-order valence-corrected chi connectivity index (χ3v) is 1.57. The van der Waals surface area contributed by atoms with E-state index in [9.17, 15) is 0 Å². The molecule has 0 N–H and O–H groups in total. The van der Waals surface area contributed by atoms with Gasteiger partial charge in [0.15, 0.2) is 0 Å². The minimum atomic E-state index is 1.19. The van der Waals surface area contributed by atoms with E-state index in [0.717, 1.165) is 0 Å². The van der Waals surface area contributed by atoms with Crippen LogP contribution in [0.4, 0.5) is 0 Å². The van der Waals surface area contributed by atoms with Crippen molar-refractivity contribution in [3.8, 4) is 0 Å². The second-order valence-corrected chi connectivity index (χ2v) is 2.39. The lowest BCUT2D eigenvalue weighted by atomic mass is 10.3. The van der Waals surface area contributed by atoms with Crippen LogP contribution in [0.1, 0.15) is 6.42 Å². The molecule has 0 spiro atoms. The lowest BCUT2D eigenvalue weighted by Crippen LogP contribution is -1.82. The summed E-state index contributed by atoms with van der Waals surface area (Å²) in [7, 11) is 2.73. The first-order valence-electron chi connectivity index (χ1n) is 3.68. The molecule has 0 fully saturated rings. The van der Waals surface area contributed by atoms with Gasteiger partial charge in [-0.1, -0.05) is 29.3 Å². The Morgan fingerprint density at radius 2 is 1.50 bits per heavy atom. The molecular formula is C9H12O3. The van der Waals surface area contributed by atoms with Crippen LogP contribution >= 0.6 is 0 Å². The predicted molar refractivity (Wildman–Crippen MR) is 45.0 cm³/mol. The molecule has 3 nitrogen and oxygen atoms in total. The van der Waals surface area contributed by atoms with Gasteiger partial charge in [0, 0.05) is 0 Å². The van der Waals surface area contributed by atoms with E-state index < -0.39 is 0 Å². The lowest BCUT2D eigenvalue weighted by Gasteiger charge is -1.85. The van der Waals surface area contributed by atoms with Crippen molar-refractivity contribution in [2.24, 2.45) is 0 Å². The molecule has 0 aliphatic heterocycles. The smallest absolute Gasteiger partial charge is 0.0744 e. The molecular weight excluding hydrogens is 156 g/mol. The Balaban J connectivity index is 0.000000130. The summed E-state index contributed by atoms with van der Waals surface area (Å²) in [4.78, 5) is 7.94. The molecule has 2 bridgehead atoms. The molecule has 3 heteroatoms. The van der Waals surface area contributed by atoms with Gasteiger partial charge >= 0.3 is 0 Å². The molecule has 0 unspecified atom stereocenters. The molecule has 0 saturated heterocycles. The Kier molecular flexibility index (Phi) is 3.73. The van der Waals surface area contributed by atoms with E-state index in [0.29, 0.717) is 0 Å². The highest BCUT2D eigenvalue weighted by Crippen LogP contribution is 2.27. The Bertz CT molecular complexity index is 204. The topological polar surface area (TPSA) is 27.7 Å². The van der Waals surface area contributed by atoms with Crippen LogP contribution < -0.4 is 0 Å². The molecule has 0 radical (unpaired) electrons. The van der Waals surface area contributed by atoms with Gasteiger partial charge in [-0.2, -0.15) is 0 Å². The summed E-state index contributed by atoms with van der Waals surface area (Å²) in [5.74, 6) is 0. The van der Waals surface area contributed by atoms with Gasteiger partial charge in [0.1, 0.15) is 0 Å². The maximum Gasteiger partial charge on any atom is 0.0744 e. The average molecular weight is 168 g/mol. The highest BCUT2D eigenvalue weighted by Gasteiger charge is 2.07. The first-order valence-corrected chi connectivity index (χ1v) is 3.68. The van der Waals surface area contributed by atoms with Crippen molar-refractivity contribution < 1.29 is 14.8 Å². The maximum atomic E-state index is 3.97. The van der Waals surface area contributed by atoms with Gasteiger partial charge < -0.3 is 0 Å². The van der Waals surface area contributed by atoms with Crippen molar-refractivity contribution in [2.75, 3.05) is 14.2 Å². The third-order valence-electron chi connectivity index (χ3n) is 1.57. The minimum absolute atomic E-state index is 1.19. The number of hydrogen-bond donors (Lipinski definition) is 0. The van der Waals surface area contributed by atoms with Gasteiger partial charge in [-0.15, -0.1) is 0 Å². The quantitative estimate of drug-likeness (QED) is 0.466. The summed E-state index contributed by atoms with van der Waals surface area (Å²) in [6.07, 6.45) is 9.90. The van der Waals surface area contributed by atoms with E-state index in [2.05, 4.69) is 39.1 Å². The van der Waals surface area contributed by atoms with Gasteiger partial charge in [-0.05, 0) is 17.6 Å². The third kappa shape index (κ3) is 2.62.